The number of nitrogens with zero attached hydrogens (tertiary/aromatic N) is 2. The van der Waals surface area contributed by atoms with Gasteiger partial charge >= 0.3 is 0 Å². The summed E-state index contributed by atoms with van der Waals surface area (Å²) in [7, 11) is 0. The number of hydrogen-bond donors (Lipinski definition) is 2. The van der Waals surface area contributed by atoms with Crippen LogP contribution in [0, 0.1) is 0 Å². The third kappa shape index (κ3) is 5.12. The van der Waals surface area contributed by atoms with Gasteiger partial charge in [0.1, 0.15) is 0 Å². The molecule has 1 heterocycles. The van der Waals surface area contributed by atoms with Crippen molar-refractivity contribution in [1.82, 2.24) is 9.99 Å². The highest BCUT2D eigenvalue weighted by atomic mass is 79.9. The number of carbonyl (C=O) groups excluding carboxylic acids is 2. The Bertz CT molecular complexity index is 1290. The fourth-order valence-corrected chi connectivity index (χ4v) is 3.69. The summed E-state index contributed by atoms with van der Waals surface area (Å²) in [5.74, 6) is -0.486. The highest BCUT2D eigenvalue weighted by Crippen LogP contribution is 2.22. The summed E-state index contributed by atoms with van der Waals surface area (Å²) in [5.41, 5.74) is 6.85. The second kappa shape index (κ2) is 9.62. The Balaban J connectivity index is 1.49. The van der Waals surface area contributed by atoms with Gasteiger partial charge in [-0.15, -0.1) is 0 Å². The first-order valence-electron chi connectivity index (χ1n) is 10.0. The Labute approximate surface area is 194 Å². The van der Waals surface area contributed by atoms with Gasteiger partial charge in [0.25, 0.3) is 5.91 Å². The number of para-hydroxylation sites is 1. The minimum absolute atomic E-state index is 0.161. The lowest BCUT2D eigenvalue weighted by Crippen LogP contribution is -2.17. The van der Waals surface area contributed by atoms with E-state index in [0.717, 1.165) is 27.5 Å². The second-order valence-electron chi connectivity index (χ2n) is 7.31. The zero-order valence-corrected chi connectivity index (χ0v) is 19.0. The summed E-state index contributed by atoms with van der Waals surface area (Å²) in [5, 5.41) is 7.88. The summed E-state index contributed by atoms with van der Waals surface area (Å²) in [6.07, 6.45) is 3.69. The first-order chi connectivity index (χ1) is 15.5. The first kappa shape index (κ1) is 21.5. The van der Waals surface area contributed by atoms with Crippen molar-refractivity contribution >= 4 is 50.5 Å². The van der Waals surface area contributed by atoms with Crippen LogP contribution < -0.4 is 10.7 Å². The van der Waals surface area contributed by atoms with E-state index in [2.05, 4.69) is 54.5 Å². The maximum atomic E-state index is 12.4. The van der Waals surface area contributed by atoms with Gasteiger partial charge in [0.2, 0.25) is 5.91 Å². The molecule has 0 spiro atoms. The summed E-state index contributed by atoms with van der Waals surface area (Å²) >= 11 is 3.47. The molecule has 32 heavy (non-hydrogen) atoms. The van der Waals surface area contributed by atoms with Crippen LogP contribution in [0.2, 0.25) is 0 Å². The Kier molecular flexibility index (Phi) is 6.47. The molecule has 0 unspecified atom stereocenters. The fraction of sp³-hybridized carbons (Fsp3) is 0.0800. The normalized spacial score (nSPS) is 11.1. The predicted molar refractivity (Wildman–Crippen MR) is 131 cm³/mol. The zero-order valence-electron chi connectivity index (χ0n) is 17.4. The monoisotopic (exact) mass is 488 g/mol. The van der Waals surface area contributed by atoms with Crippen LogP contribution in [0.1, 0.15) is 28.4 Å². The minimum Gasteiger partial charge on any atom is -0.342 e. The molecule has 0 fully saturated rings. The molecular formula is C25H21BrN4O2. The molecule has 0 aliphatic carbocycles. The van der Waals surface area contributed by atoms with Gasteiger partial charge in [-0.1, -0.05) is 46.3 Å². The van der Waals surface area contributed by atoms with Crippen molar-refractivity contribution < 1.29 is 9.59 Å². The van der Waals surface area contributed by atoms with Gasteiger partial charge in [-0.2, -0.15) is 5.10 Å². The van der Waals surface area contributed by atoms with Crippen molar-refractivity contribution in [3.63, 3.8) is 0 Å². The molecule has 0 radical (unpaired) electrons. The summed E-state index contributed by atoms with van der Waals surface area (Å²) in [6.45, 7) is 2.17. The highest BCUT2D eigenvalue weighted by Gasteiger charge is 2.08. The van der Waals surface area contributed by atoms with Gasteiger partial charge in [0.15, 0.2) is 0 Å². The van der Waals surface area contributed by atoms with Gasteiger partial charge in [-0.25, -0.2) is 5.43 Å². The molecule has 2 N–H and O–H groups in total. The number of rotatable bonds is 6. The molecule has 3 aromatic carbocycles. The second-order valence-corrected chi connectivity index (χ2v) is 8.23. The molecule has 0 aliphatic heterocycles. The number of aromatic nitrogens is 1. The quantitative estimate of drug-likeness (QED) is 0.290. The molecule has 0 saturated heterocycles. The summed E-state index contributed by atoms with van der Waals surface area (Å²) in [6, 6.07) is 23.0. The Hall–Kier alpha value is -3.71. The van der Waals surface area contributed by atoms with Crippen molar-refractivity contribution in [2.24, 2.45) is 5.10 Å². The molecule has 6 nitrogen and oxygen atoms in total. The van der Waals surface area contributed by atoms with Gasteiger partial charge in [-0.3, -0.25) is 9.59 Å². The molecule has 0 saturated carbocycles. The number of nitrogens with one attached hydrogen (secondary N) is 2. The number of benzene rings is 3. The predicted octanol–water partition coefficient (Wildman–Crippen LogP) is 5.17. The van der Waals surface area contributed by atoms with Crippen LogP contribution in [0.5, 0.6) is 0 Å². The van der Waals surface area contributed by atoms with E-state index < -0.39 is 0 Å². The Morgan fingerprint density at radius 1 is 1.00 bits per heavy atom. The minimum atomic E-state index is -0.325. The third-order valence-electron chi connectivity index (χ3n) is 4.92. The first-order valence-corrected chi connectivity index (χ1v) is 10.8. The number of hydrazone groups is 1. The molecule has 160 valence electrons. The summed E-state index contributed by atoms with van der Waals surface area (Å²) < 4.78 is 3.22. The van der Waals surface area contributed by atoms with Gasteiger partial charge in [0, 0.05) is 51.9 Å². The molecule has 0 aliphatic rings. The number of halogens is 1. The van der Waals surface area contributed by atoms with E-state index >= 15 is 0 Å². The maximum Gasteiger partial charge on any atom is 0.271 e. The van der Waals surface area contributed by atoms with Crippen molar-refractivity contribution in [1.29, 1.82) is 0 Å². The SMILES string of the molecule is CC(=O)Nc1ccc(C(=O)NN=Cc2cn(Cc3ccc(Br)cc3)c3ccccc23)cc1. The Morgan fingerprint density at radius 2 is 1.72 bits per heavy atom. The number of anilines is 1. The molecule has 0 atom stereocenters. The van der Waals surface area contributed by atoms with E-state index in [1.807, 2.05) is 36.5 Å². The van der Waals surface area contributed by atoms with E-state index in [0.29, 0.717) is 11.3 Å². The van der Waals surface area contributed by atoms with E-state index in [1.165, 1.54) is 12.5 Å². The molecular weight excluding hydrogens is 468 g/mol. The Morgan fingerprint density at radius 3 is 2.44 bits per heavy atom. The highest BCUT2D eigenvalue weighted by molar-refractivity contribution is 9.10. The van der Waals surface area contributed by atoms with Crippen molar-refractivity contribution in [3.8, 4) is 0 Å². The van der Waals surface area contributed by atoms with E-state index in [4.69, 9.17) is 0 Å². The smallest absolute Gasteiger partial charge is 0.271 e. The lowest BCUT2D eigenvalue weighted by Gasteiger charge is -2.05. The van der Waals surface area contributed by atoms with Crippen LogP contribution in [0.3, 0.4) is 0 Å². The van der Waals surface area contributed by atoms with Crippen molar-refractivity contribution in [3.05, 3.63) is 100 Å². The summed E-state index contributed by atoms with van der Waals surface area (Å²) in [4.78, 5) is 23.5. The third-order valence-corrected chi connectivity index (χ3v) is 5.45. The van der Waals surface area contributed by atoms with E-state index in [1.54, 1.807) is 30.5 Å². The van der Waals surface area contributed by atoms with Gasteiger partial charge in [-0.05, 0) is 48.0 Å². The number of hydrogen-bond acceptors (Lipinski definition) is 3. The van der Waals surface area contributed by atoms with Crippen LogP contribution in [0.25, 0.3) is 10.9 Å². The van der Waals surface area contributed by atoms with E-state index in [9.17, 15) is 9.59 Å². The van der Waals surface area contributed by atoms with Gasteiger partial charge in [0.05, 0.1) is 6.21 Å². The lowest BCUT2D eigenvalue weighted by molar-refractivity contribution is -0.114. The molecule has 4 rings (SSSR count). The fourth-order valence-electron chi connectivity index (χ4n) is 3.43. The number of carbonyl (C=O) groups is 2. The van der Waals surface area contributed by atoms with Gasteiger partial charge < -0.3 is 9.88 Å². The number of fused-ring (bicyclic) bond motifs is 1. The van der Waals surface area contributed by atoms with Crippen LogP contribution >= 0.6 is 15.9 Å². The molecule has 7 heteroatoms. The van der Waals surface area contributed by atoms with Crippen molar-refractivity contribution in [2.45, 2.75) is 13.5 Å². The zero-order chi connectivity index (χ0) is 22.5. The topological polar surface area (TPSA) is 75.5 Å². The largest absolute Gasteiger partial charge is 0.342 e. The standard InChI is InChI=1S/C25H21BrN4O2/c1-17(31)28-22-12-8-19(9-13-22)25(32)29-27-14-20-16-30(24-5-3-2-4-23(20)24)15-18-6-10-21(26)11-7-18/h2-14,16H,15H2,1H3,(H,28,31)(H,29,32). The maximum absolute atomic E-state index is 12.4. The lowest BCUT2D eigenvalue weighted by atomic mass is 10.2. The van der Waals surface area contributed by atoms with E-state index in [-0.39, 0.29) is 11.8 Å². The molecule has 2 amide bonds. The van der Waals surface area contributed by atoms with Crippen LogP contribution in [0.4, 0.5) is 5.69 Å². The number of amides is 2. The average molecular weight is 489 g/mol. The molecule has 1 aromatic heterocycles. The van der Waals surface area contributed by atoms with Crippen LogP contribution in [-0.4, -0.2) is 22.6 Å². The van der Waals surface area contributed by atoms with Crippen molar-refractivity contribution in [2.75, 3.05) is 5.32 Å². The van der Waals surface area contributed by atoms with Crippen LogP contribution in [0.15, 0.2) is 88.6 Å². The molecule has 0 bridgehead atoms. The molecule has 4 aromatic rings. The average Bonchev–Trinajstić information content (AvgIpc) is 3.13. The van der Waals surface area contributed by atoms with Crippen LogP contribution in [-0.2, 0) is 11.3 Å².